The van der Waals surface area contributed by atoms with Gasteiger partial charge in [0.25, 0.3) is 0 Å². The molecule has 0 spiro atoms. The molecule has 2 nitrogen and oxygen atoms in total. The van der Waals surface area contributed by atoms with Crippen molar-refractivity contribution in [3.05, 3.63) is 0 Å². The predicted octanol–water partition coefficient (Wildman–Crippen LogP) is 1.27. The molecule has 2 heteroatoms. The molecule has 1 aliphatic heterocycles. The summed E-state index contributed by atoms with van der Waals surface area (Å²) in [6.07, 6.45) is 0. The van der Waals surface area contributed by atoms with Crippen LogP contribution >= 0.6 is 0 Å². The third-order valence-corrected chi connectivity index (χ3v) is 2.44. The number of rotatable bonds is 4. The fourth-order valence-corrected chi connectivity index (χ4v) is 0.991. The molecule has 0 aromatic heterocycles. The van der Waals surface area contributed by atoms with Crippen molar-refractivity contribution in [2.75, 3.05) is 19.8 Å². The molecule has 0 aromatic rings. The van der Waals surface area contributed by atoms with Crippen LogP contribution in [0.3, 0.4) is 0 Å². The van der Waals surface area contributed by atoms with E-state index in [0.29, 0.717) is 6.04 Å². The minimum Gasteiger partial charge on any atom is -0.381 e. The normalized spacial score (nSPS) is 21.8. The lowest BCUT2D eigenvalue weighted by Gasteiger charge is -2.28. The molecule has 1 atom stereocenters. The lowest BCUT2D eigenvalue weighted by molar-refractivity contribution is -0.0319. The maximum atomic E-state index is 5.09. The van der Waals surface area contributed by atoms with Crippen molar-refractivity contribution in [1.29, 1.82) is 0 Å². The van der Waals surface area contributed by atoms with Gasteiger partial charge in [-0.05, 0) is 12.8 Å². The van der Waals surface area contributed by atoms with E-state index in [-0.39, 0.29) is 0 Å². The molecule has 1 heterocycles. The van der Waals surface area contributed by atoms with Crippen LogP contribution in [0.15, 0.2) is 0 Å². The van der Waals surface area contributed by atoms with Crippen molar-refractivity contribution in [2.45, 2.75) is 26.8 Å². The van der Waals surface area contributed by atoms with Crippen molar-refractivity contribution in [2.24, 2.45) is 11.8 Å². The molecular weight excluding hydrogens is 138 g/mol. The molecule has 0 aromatic carbocycles. The Hall–Kier alpha value is -0.0800. The fraction of sp³-hybridized carbons (Fsp3) is 1.00. The molecule has 1 N–H and O–H groups in total. The van der Waals surface area contributed by atoms with Crippen molar-refractivity contribution in [3.63, 3.8) is 0 Å². The average Bonchev–Trinajstić information content (AvgIpc) is 1.83. The van der Waals surface area contributed by atoms with Gasteiger partial charge in [0.1, 0.15) is 0 Å². The summed E-state index contributed by atoms with van der Waals surface area (Å²) in [5, 5.41) is 3.50. The predicted molar refractivity (Wildman–Crippen MR) is 46.6 cm³/mol. The topological polar surface area (TPSA) is 21.3 Å². The maximum Gasteiger partial charge on any atom is 0.0528 e. The third kappa shape index (κ3) is 2.80. The van der Waals surface area contributed by atoms with Crippen LogP contribution in [0, 0.1) is 11.8 Å². The molecule has 1 rings (SSSR count). The van der Waals surface area contributed by atoms with Gasteiger partial charge >= 0.3 is 0 Å². The smallest absolute Gasteiger partial charge is 0.0528 e. The molecule has 1 aliphatic rings. The lowest BCUT2D eigenvalue weighted by Crippen LogP contribution is -2.41. The van der Waals surface area contributed by atoms with Gasteiger partial charge in [-0.15, -0.1) is 0 Å². The highest BCUT2D eigenvalue weighted by Crippen LogP contribution is 2.09. The van der Waals surface area contributed by atoms with Crippen molar-refractivity contribution < 1.29 is 4.74 Å². The second kappa shape index (κ2) is 4.07. The maximum absolute atomic E-state index is 5.09. The summed E-state index contributed by atoms with van der Waals surface area (Å²) in [7, 11) is 0. The minimum absolute atomic E-state index is 0.635. The highest BCUT2D eigenvalue weighted by atomic mass is 16.5. The zero-order chi connectivity index (χ0) is 8.27. The Kier molecular flexibility index (Phi) is 3.34. The van der Waals surface area contributed by atoms with Crippen LogP contribution in [0.4, 0.5) is 0 Å². The fourth-order valence-electron chi connectivity index (χ4n) is 0.991. The number of nitrogens with one attached hydrogen (secondary N) is 1. The summed E-state index contributed by atoms with van der Waals surface area (Å²) in [6.45, 7) is 9.77. The van der Waals surface area contributed by atoms with Crippen LogP contribution in [0.5, 0.6) is 0 Å². The van der Waals surface area contributed by atoms with E-state index in [2.05, 4.69) is 26.1 Å². The Balaban J connectivity index is 2.01. The van der Waals surface area contributed by atoms with E-state index in [1.54, 1.807) is 0 Å². The molecule has 0 amide bonds. The van der Waals surface area contributed by atoms with Crippen LogP contribution in [0.1, 0.15) is 20.8 Å². The minimum atomic E-state index is 0.635. The highest BCUT2D eigenvalue weighted by Gasteiger charge is 2.18. The summed E-state index contributed by atoms with van der Waals surface area (Å²) in [6, 6.07) is 0.635. The van der Waals surface area contributed by atoms with Crippen molar-refractivity contribution in [1.82, 2.24) is 5.32 Å². The first kappa shape index (κ1) is 9.01. The molecular formula is C9H19NO. The van der Waals surface area contributed by atoms with Gasteiger partial charge in [-0.2, -0.15) is 0 Å². The summed E-state index contributed by atoms with van der Waals surface area (Å²) in [4.78, 5) is 0. The van der Waals surface area contributed by atoms with E-state index in [1.165, 1.54) is 0 Å². The van der Waals surface area contributed by atoms with Crippen molar-refractivity contribution >= 4 is 0 Å². The zero-order valence-electron chi connectivity index (χ0n) is 7.76. The van der Waals surface area contributed by atoms with Crippen LogP contribution in [0.25, 0.3) is 0 Å². The van der Waals surface area contributed by atoms with Crippen molar-refractivity contribution in [3.8, 4) is 0 Å². The standard InChI is InChI=1S/C9H19NO/c1-7(2)8(3)10-4-9-5-11-6-9/h7-10H,4-6H2,1-3H3/t8-/m0/s1. The van der Waals surface area contributed by atoms with E-state index < -0.39 is 0 Å². The van der Waals surface area contributed by atoms with Gasteiger partial charge in [0.2, 0.25) is 0 Å². The first-order valence-corrected chi connectivity index (χ1v) is 4.51. The van der Waals surface area contributed by atoms with Gasteiger partial charge in [0.15, 0.2) is 0 Å². The number of hydrogen-bond donors (Lipinski definition) is 1. The molecule has 66 valence electrons. The van der Waals surface area contributed by atoms with Crippen LogP contribution < -0.4 is 5.32 Å². The second-order valence-electron chi connectivity index (χ2n) is 3.84. The molecule has 11 heavy (non-hydrogen) atoms. The highest BCUT2D eigenvalue weighted by molar-refractivity contribution is 4.72. The monoisotopic (exact) mass is 157 g/mol. The second-order valence-corrected chi connectivity index (χ2v) is 3.84. The Labute approximate surface area is 69.3 Å². The molecule has 0 saturated carbocycles. The number of ether oxygens (including phenoxy) is 1. The first-order valence-electron chi connectivity index (χ1n) is 4.51. The summed E-state index contributed by atoms with van der Waals surface area (Å²) < 4.78 is 5.09. The molecule has 0 unspecified atom stereocenters. The van der Waals surface area contributed by atoms with E-state index in [9.17, 15) is 0 Å². The SMILES string of the molecule is CC(C)[C@H](C)NCC1COC1. The number of hydrogen-bond acceptors (Lipinski definition) is 2. The van der Waals surface area contributed by atoms with E-state index in [1.807, 2.05) is 0 Å². The van der Waals surface area contributed by atoms with Crippen LogP contribution in [-0.4, -0.2) is 25.8 Å². The van der Waals surface area contributed by atoms with Gasteiger partial charge < -0.3 is 10.1 Å². The lowest BCUT2D eigenvalue weighted by atomic mass is 10.0. The van der Waals surface area contributed by atoms with Gasteiger partial charge in [0, 0.05) is 18.5 Å². The Morgan fingerprint density at radius 3 is 2.36 bits per heavy atom. The van der Waals surface area contributed by atoms with E-state index in [0.717, 1.165) is 31.6 Å². The van der Waals surface area contributed by atoms with Gasteiger partial charge in [0.05, 0.1) is 13.2 Å². The Morgan fingerprint density at radius 2 is 2.00 bits per heavy atom. The van der Waals surface area contributed by atoms with Crippen LogP contribution in [-0.2, 0) is 4.74 Å². The van der Waals surface area contributed by atoms with E-state index >= 15 is 0 Å². The van der Waals surface area contributed by atoms with Gasteiger partial charge in [-0.3, -0.25) is 0 Å². The largest absolute Gasteiger partial charge is 0.381 e. The quantitative estimate of drug-likeness (QED) is 0.663. The zero-order valence-corrected chi connectivity index (χ0v) is 7.76. The molecule has 0 radical (unpaired) electrons. The molecule has 0 aliphatic carbocycles. The summed E-state index contributed by atoms with van der Waals surface area (Å²) in [5.41, 5.74) is 0. The first-order chi connectivity index (χ1) is 5.20. The molecule has 1 fully saturated rings. The van der Waals surface area contributed by atoms with Crippen LogP contribution in [0.2, 0.25) is 0 Å². The summed E-state index contributed by atoms with van der Waals surface area (Å²) in [5.74, 6) is 1.51. The molecule has 0 bridgehead atoms. The Bertz CT molecular complexity index is 110. The van der Waals surface area contributed by atoms with Gasteiger partial charge in [-0.25, -0.2) is 0 Å². The molecule has 1 saturated heterocycles. The third-order valence-electron chi connectivity index (χ3n) is 2.44. The van der Waals surface area contributed by atoms with E-state index in [4.69, 9.17) is 4.74 Å². The summed E-state index contributed by atoms with van der Waals surface area (Å²) >= 11 is 0. The van der Waals surface area contributed by atoms with Gasteiger partial charge in [-0.1, -0.05) is 13.8 Å². The Morgan fingerprint density at radius 1 is 1.36 bits per heavy atom. The average molecular weight is 157 g/mol.